The van der Waals surface area contributed by atoms with Gasteiger partial charge in [0.05, 0.1) is 7.11 Å². The fourth-order valence-corrected chi connectivity index (χ4v) is 2.72. The normalized spacial score (nSPS) is 10.4. The van der Waals surface area contributed by atoms with E-state index in [-0.39, 0.29) is 0 Å². The van der Waals surface area contributed by atoms with Gasteiger partial charge in [0.25, 0.3) is 0 Å². The summed E-state index contributed by atoms with van der Waals surface area (Å²) in [5.74, 6) is 0.881. The van der Waals surface area contributed by atoms with E-state index in [4.69, 9.17) is 10.5 Å². The van der Waals surface area contributed by atoms with Crippen LogP contribution in [0.5, 0.6) is 5.75 Å². The van der Waals surface area contributed by atoms with E-state index in [9.17, 15) is 0 Å². The summed E-state index contributed by atoms with van der Waals surface area (Å²) in [5.41, 5.74) is 9.39. The van der Waals surface area contributed by atoms with Gasteiger partial charge >= 0.3 is 0 Å². The molecule has 2 nitrogen and oxygen atoms in total. The van der Waals surface area contributed by atoms with Crippen LogP contribution < -0.4 is 10.5 Å². The van der Waals surface area contributed by atoms with Crippen LogP contribution in [0, 0.1) is 6.92 Å². The maximum absolute atomic E-state index is 5.75. The number of methoxy groups -OCH3 is 1. The third-order valence-electron chi connectivity index (χ3n) is 2.63. The van der Waals surface area contributed by atoms with Crippen molar-refractivity contribution >= 4 is 11.3 Å². The standard InChI is InChI=1S/C13H15NOS/c1-9-13(11(7-14)8-16-9)10-4-3-5-12(6-10)15-2/h3-6,8H,7,14H2,1-2H3. The maximum atomic E-state index is 5.75. The number of thiophene rings is 1. The van der Waals surface area contributed by atoms with Crippen molar-refractivity contribution in [2.45, 2.75) is 13.5 Å². The third-order valence-corrected chi connectivity index (χ3v) is 3.59. The minimum atomic E-state index is 0.580. The first kappa shape index (κ1) is 11.2. The summed E-state index contributed by atoms with van der Waals surface area (Å²) in [6, 6.07) is 8.10. The van der Waals surface area contributed by atoms with Gasteiger partial charge in [-0.1, -0.05) is 12.1 Å². The monoisotopic (exact) mass is 233 g/mol. The number of hydrogen-bond donors (Lipinski definition) is 1. The van der Waals surface area contributed by atoms with Gasteiger partial charge in [0, 0.05) is 11.4 Å². The molecule has 0 aliphatic heterocycles. The van der Waals surface area contributed by atoms with Crippen LogP contribution >= 0.6 is 11.3 Å². The second kappa shape index (κ2) is 4.68. The number of rotatable bonds is 3. The van der Waals surface area contributed by atoms with E-state index in [0.717, 1.165) is 5.75 Å². The van der Waals surface area contributed by atoms with Crippen LogP contribution in [0.3, 0.4) is 0 Å². The van der Waals surface area contributed by atoms with Crippen LogP contribution in [-0.4, -0.2) is 7.11 Å². The van der Waals surface area contributed by atoms with Crippen molar-refractivity contribution in [2.24, 2.45) is 5.73 Å². The van der Waals surface area contributed by atoms with E-state index in [2.05, 4.69) is 18.4 Å². The van der Waals surface area contributed by atoms with Crippen molar-refractivity contribution in [1.82, 2.24) is 0 Å². The number of hydrogen-bond acceptors (Lipinski definition) is 3. The number of nitrogens with two attached hydrogens (primary N) is 1. The van der Waals surface area contributed by atoms with Crippen molar-refractivity contribution < 1.29 is 4.74 Å². The molecule has 0 radical (unpaired) electrons. The summed E-state index contributed by atoms with van der Waals surface area (Å²) < 4.78 is 5.24. The van der Waals surface area contributed by atoms with Crippen molar-refractivity contribution in [2.75, 3.05) is 7.11 Å². The lowest BCUT2D eigenvalue weighted by atomic mass is 10.0. The SMILES string of the molecule is COc1cccc(-c2c(CN)csc2C)c1. The molecule has 0 saturated carbocycles. The largest absolute Gasteiger partial charge is 0.497 e. The van der Waals surface area contributed by atoms with Crippen LogP contribution in [0.4, 0.5) is 0 Å². The van der Waals surface area contributed by atoms with Crippen molar-refractivity contribution in [3.05, 3.63) is 40.1 Å². The first-order chi connectivity index (χ1) is 7.76. The zero-order valence-electron chi connectivity index (χ0n) is 9.49. The lowest BCUT2D eigenvalue weighted by molar-refractivity contribution is 0.415. The van der Waals surface area contributed by atoms with Gasteiger partial charge in [-0.3, -0.25) is 0 Å². The summed E-state index contributed by atoms with van der Waals surface area (Å²) in [4.78, 5) is 1.30. The van der Waals surface area contributed by atoms with E-state index >= 15 is 0 Å². The zero-order valence-corrected chi connectivity index (χ0v) is 10.3. The van der Waals surface area contributed by atoms with E-state index in [1.807, 2.05) is 18.2 Å². The Bertz CT molecular complexity index is 490. The van der Waals surface area contributed by atoms with E-state index < -0.39 is 0 Å². The molecule has 1 aromatic carbocycles. The van der Waals surface area contributed by atoms with Gasteiger partial charge in [-0.2, -0.15) is 0 Å². The molecule has 0 aliphatic carbocycles. The van der Waals surface area contributed by atoms with Crippen LogP contribution in [0.15, 0.2) is 29.6 Å². The van der Waals surface area contributed by atoms with E-state index in [1.165, 1.54) is 21.6 Å². The molecule has 84 valence electrons. The highest BCUT2D eigenvalue weighted by molar-refractivity contribution is 7.10. The zero-order chi connectivity index (χ0) is 11.5. The smallest absolute Gasteiger partial charge is 0.119 e. The minimum Gasteiger partial charge on any atom is -0.497 e. The first-order valence-electron chi connectivity index (χ1n) is 5.17. The average Bonchev–Trinajstić information content (AvgIpc) is 2.70. The summed E-state index contributed by atoms with van der Waals surface area (Å²) in [6.45, 7) is 2.70. The number of aryl methyl sites for hydroxylation is 1. The van der Waals surface area contributed by atoms with Gasteiger partial charge in [0.2, 0.25) is 0 Å². The fourth-order valence-electron chi connectivity index (χ4n) is 1.82. The molecule has 2 rings (SSSR count). The van der Waals surface area contributed by atoms with E-state index in [1.54, 1.807) is 18.4 Å². The Hall–Kier alpha value is -1.32. The molecule has 1 heterocycles. The van der Waals surface area contributed by atoms with Crippen molar-refractivity contribution in [3.63, 3.8) is 0 Å². The molecule has 2 N–H and O–H groups in total. The lowest BCUT2D eigenvalue weighted by Gasteiger charge is -2.06. The molecule has 2 aromatic rings. The molecule has 0 aliphatic rings. The summed E-state index contributed by atoms with van der Waals surface area (Å²) >= 11 is 1.74. The molecule has 16 heavy (non-hydrogen) atoms. The second-order valence-corrected chi connectivity index (χ2v) is 4.71. The molecule has 1 aromatic heterocycles. The molecule has 0 bridgehead atoms. The molecular formula is C13H15NOS. The molecule has 0 amide bonds. The van der Waals surface area contributed by atoms with E-state index in [0.29, 0.717) is 6.54 Å². The second-order valence-electron chi connectivity index (χ2n) is 3.63. The van der Waals surface area contributed by atoms with Gasteiger partial charge in [-0.15, -0.1) is 11.3 Å². The molecule has 0 fully saturated rings. The third kappa shape index (κ3) is 1.96. The van der Waals surface area contributed by atoms with Crippen LogP contribution in [0.1, 0.15) is 10.4 Å². The maximum Gasteiger partial charge on any atom is 0.119 e. The molecule has 0 unspecified atom stereocenters. The predicted octanol–water partition coefficient (Wildman–Crippen LogP) is 3.19. The van der Waals surface area contributed by atoms with Crippen LogP contribution in [0.2, 0.25) is 0 Å². The highest BCUT2D eigenvalue weighted by Crippen LogP contribution is 2.33. The summed E-state index contributed by atoms with van der Waals surface area (Å²) in [5, 5.41) is 2.13. The fraction of sp³-hybridized carbons (Fsp3) is 0.231. The highest BCUT2D eigenvalue weighted by Gasteiger charge is 2.10. The van der Waals surface area contributed by atoms with Gasteiger partial charge in [-0.25, -0.2) is 0 Å². The molecule has 0 saturated heterocycles. The van der Waals surface area contributed by atoms with Crippen molar-refractivity contribution in [3.8, 4) is 16.9 Å². The van der Waals surface area contributed by atoms with Gasteiger partial charge in [0.15, 0.2) is 0 Å². The molecule has 0 atom stereocenters. The Labute approximate surface area is 99.7 Å². The van der Waals surface area contributed by atoms with Crippen molar-refractivity contribution in [1.29, 1.82) is 0 Å². The molecule has 0 spiro atoms. The Balaban J connectivity index is 2.53. The average molecular weight is 233 g/mol. The highest BCUT2D eigenvalue weighted by atomic mass is 32.1. The quantitative estimate of drug-likeness (QED) is 0.883. The minimum absolute atomic E-state index is 0.580. The lowest BCUT2D eigenvalue weighted by Crippen LogP contribution is -1.96. The van der Waals surface area contributed by atoms with Gasteiger partial charge in [-0.05, 0) is 41.1 Å². The Morgan fingerprint density at radius 2 is 2.19 bits per heavy atom. The predicted molar refractivity (Wildman–Crippen MR) is 68.9 cm³/mol. The van der Waals surface area contributed by atoms with Crippen LogP contribution in [0.25, 0.3) is 11.1 Å². The Kier molecular flexibility index (Phi) is 3.27. The van der Waals surface area contributed by atoms with Crippen LogP contribution in [-0.2, 0) is 6.54 Å². The Morgan fingerprint density at radius 3 is 2.88 bits per heavy atom. The number of ether oxygens (including phenoxy) is 1. The summed E-state index contributed by atoms with van der Waals surface area (Å²) in [6.07, 6.45) is 0. The first-order valence-corrected chi connectivity index (χ1v) is 6.05. The Morgan fingerprint density at radius 1 is 1.38 bits per heavy atom. The van der Waals surface area contributed by atoms with Gasteiger partial charge in [0.1, 0.15) is 5.75 Å². The number of benzene rings is 1. The molecular weight excluding hydrogens is 218 g/mol. The van der Waals surface area contributed by atoms with Gasteiger partial charge < -0.3 is 10.5 Å². The summed E-state index contributed by atoms with van der Waals surface area (Å²) in [7, 11) is 1.68. The topological polar surface area (TPSA) is 35.2 Å². The molecule has 3 heteroatoms.